The number of aromatic nitrogens is 5. The molecular formula is C22H20N6O. The van der Waals surface area contributed by atoms with Gasteiger partial charge in [-0.25, -0.2) is 4.68 Å². The highest BCUT2D eigenvalue weighted by Crippen LogP contribution is 2.25. The van der Waals surface area contributed by atoms with Crippen molar-refractivity contribution in [1.29, 1.82) is 0 Å². The van der Waals surface area contributed by atoms with Gasteiger partial charge in [0.1, 0.15) is 5.69 Å². The van der Waals surface area contributed by atoms with Crippen LogP contribution in [0.4, 0.5) is 0 Å². The average molecular weight is 384 g/mol. The Kier molecular flexibility index (Phi) is 5.38. The van der Waals surface area contributed by atoms with Crippen LogP contribution in [0.3, 0.4) is 0 Å². The number of rotatable bonds is 6. The summed E-state index contributed by atoms with van der Waals surface area (Å²) in [5.41, 5.74) is 4.59. The number of amides is 1. The Hall–Kier alpha value is -3.87. The van der Waals surface area contributed by atoms with Crippen molar-refractivity contribution in [2.45, 2.75) is 19.9 Å². The summed E-state index contributed by atoms with van der Waals surface area (Å²) < 4.78 is 1.68. The van der Waals surface area contributed by atoms with Gasteiger partial charge < -0.3 is 5.32 Å². The van der Waals surface area contributed by atoms with E-state index in [0.717, 1.165) is 23.2 Å². The first-order valence-corrected chi connectivity index (χ1v) is 9.38. The summed E-state index contributed by atoms with van der Waals surface area (Å²) >= 11 is 0. The second-order valence-electron chi connectivity index (χ2n) is 6.50. The second-order valence-corrected chi connectivity index (χ2v) is 6.50. The Morgan fingerprint density at radius 1 is 0.966 bits per heavy atom. The number of nitrogens with one attached hydrogen (secondary N) is 1. The fourth-order valence-corrected chi connectivity index (χ4v) is 3.02. The van der Waals surface area contributed by atoms with E-state index < -0.39 is 0 Å². The summed E-state index contributed by atoms with van der Waals surface area (Å²) in [6.07, 6.45) is 7.76. The smallest absolute Gasteiger partial charge is 0.274 e. The van der Waals surface area contributed by atoms with Crippen molar-refractivity contribution in [1.82, 2.24) is 30.3 Å². The zero-order valence-corrected chi connectivity index (χ0v) is 16.0. The van der Waals surface area contributed by atoms with Crippen LogP contribution in [0.1, 0.15) is 28.5 Å². The van der Waals surface area contributed by atoms with Gasteiger partial charge in [0.2, 0.25) is 0 Å². The molecule has 7 heteroatoms. The number of benzene rings is 1. The van der Waals surface area contributed by atoms with E-state index in [9.17, 15) is 4.79 Å². The molecule has 3 aromatic heterocycles. The van der Waals surface area contributed by atoms with Gasteiger partial charge >= 0.3 is 0 Å². The first kappa shape index (κ1) is 18.5. The highest BCUT2D eigenvalue weighted by atomic mass is 16.2. The third kappa shape index (κ3) is 4.03. The van der Waals surface area contributed by atoms with Gasteiger partial charge in [-0.3, -0.25) is 14.8 Å². The van der Waals surface area contributed by atoms with Crippen molar-refractivity contribution in [2.75, 3.05) is 0 Å². The number of aryl methyl sites for hydroxylation is 1. The van der Waals surface area contributed by atoms with E-state index in [1.165, 1.54) is 5.56 Å². The van der Waals surface area contributed by atoms with E-state index in [1.54, 1.807) is 29.5 Å². The third-order valence-corrected chi connectivity index (χ3v) is 4.59. The van der Waals surface area contributed by atoms with E-state index in [0.29, 0.717) is 12.2 Å². The normalized spacial score (nSPS) is 10.7. The van der Waals surface area contributed by atoms with Gasteiger partial charge in [-0.2, -0.15) is 0 Å². The molecule has 144 valence electrons. The molecule has 0 bridgehead atoms. The summed E-state index contributed by atoms with van der Waals surface area (Å²) in [4.78, 5) is 21.1. The van der Waals surface area contributed by atoms with Crippen molar-refractivity contribution >= 4 is 5.91 Å². The molecule has 4 aromatic rings. The zero-order chi connectivity index (χ0) is 20.1. The first-order chi connectivity index (χ1) is 14.3. The molecule has 29 heavy (non-hydrogen) atoms. The monoisotopic (exact) mass is 384 g/mol. The van der Waals surface area contributed by atoms with Crippen LogP contribution in [0.5, 0.6) is 0 Å². The number of pyridine rings is 2. The van der Waals surface area contributed by atoms with Gasteiger partial charge in [-0.15, -0.1) is 5.10 Å². The Morgan fingerprint density at radius 2 is 1.72 bits per heavy atom. The minimum Gasteiger partial charge on any atom is -0.346 e. The molecule has 0 radical (unpaired) electrons. The molecule has 0 saturated heterocycles. The van der Waals surface area contributed by atoms with Crippen LogP contribution in [0, 0.1) is 0 Å². The van der Waals surface area contributed by atoms with E-state index in [4.69, 9.17) is 0 Å². The number of hydrogen-bond acceptors (Lipinski definition) is 5. The predicted molar refractivity (Wildman–Crippen MR) is 109 cm³/mol. The van der Waals surface area contributed by atoms with Crippen LogP contribution in [-0.2, 0) is 13.0 Å². The number of nitrogens with zero attached hydrogens (tertiary/aromatic N) is 5. The van der Waals surface area contributed by atoms with Crippen molar-refractivity contribution in [2.24, 2.45) is 0 Å². The summed E-state index contributed by atoms with van der Waals surface area (Å²) in [5.74, 6) is -0.302. The molecule has 0 unspecified atom stereocenters. The lowest BCUT2D eigenvalue weighted by Crippen LogP contribution is -2.24. The number of carbonyl (C=O) groups is 1. The van der Waals surface area contributed by atoms with Crippen LogP contribution < -0.4 is 5.32 Å². The van der Waals surface area contributed by atoms with Crippen LogP contribution in [-0.4, -0.2) is 30.9 Å². The molecule has 3 heterocycles. The molecule has 0 aliphatic rings. The maximum atomic E-state index is 12.9. The van der Waals surface area contributed by atoms with Crippen LogP contribution in [0.2, 0.25) is 0 Å². The highest BCUT2D eigenvalue weighted by molar-refractivity contribution is 5.98. The SMILES string of the molecule is CCc1ccc(-n2nnc(C(=O)NCc3cccnc3)c2-c2cccnc2)cc1. The summed E-state index contributed by atoms with van der Waals surface area (Å²) in [5, 5.41) is 11.3. The van der Waals surface area contributed by atoms with Crippen molar-refractivity contribution in [3.05, 3.63) is 90.1 Å². The van der Waals surface area contributed by atoms with Crippen LogP contribution in [0.25, 0.3) is 16.9 Å². The molecule has 4 rings (SSSR count). The molecule has 0 spiro atoms. The van der Waals surface area contributed by atoms with Gasteiger partial charge in [-0.1, -0.05) is 30.3 Å². The lowest BCUT2D eigenvalue weighted by molar-refractivity contribution is 0.0946. The van der Waals surface area contributed by atoms with Gasteiger partial charge in [-0.05, 0) is 47.9 Å². The van der Waals surface area contributed by atoms with E-state index in [2.05, 4.69) is 32.5 Å². The molecule has 1 aromatic carbocycles. The molecule has 7 nitrogen and oxygen atoms in total. The number of carbonyl (C=O) groups excluding carboxylic acids is 1. The molecule has 0 aliphatic heterocycles. The highest BCUT2D eigenvalue weighted by Gasteiger charge is 2.22. The maximum Gasteiger partial charge on any atom is 0.274 e. The molecule has 1 amide bonds. The van der Waals surface area contributed by atoms with Crippen LogP contribution in [0.15, 0.2) is 73.3 Å². The van der Waals surface area contributed by atoms with Gasteiger partial charge in [0.25, 0.3) is 5.91 Å². The summed E-state index contributed by atoms with van der Waals surface area (Å²) in [6.45, 7) is 2.47. The van der Waals surface area contributed by atoms with Crippen molar-refractivity contribution in [3.63, 3.8) is 0 Å². The van der Waals surface area contributed by atoms with Crippen molar-refractivity contribution < 1.29 is 4.79 Å². The van der Waals surface area contributed by atoms with E-state index >= 15 is 0 Å². The number of hydrogen-bond donors (Lipinski definition) is 1. The Morgan fingerprint density at radius 3 is 2.38 bits per heavy atom. The minimum absolute atomic E-state index is 0.251. The third-order valence-electron chi connectivity index (χ3n) is 4.59. The molecular weight excluding hydrogens is 364 g/mol. The largest absolute Gasteiger partial charge is 0.346 e. The van der Waals surface area contributed by atoms with Gasteiger partial charge in [0.05, 0.1) is 5.69 Å². The summed E-state index contributed by atoms with van der Waals surface area (Å²) in [6, 6.07) is 15.5. The average Bonchev–Trinajstić information content (AvgIpc) is 3.24. The summed E-state index contributed by atoms with van der Waals surface area (Å²) in [7, 11) is 0. The quantitative estimate of drug-likeness (QED) is 0.552. The van der Waals surface area contributed by atoms with Crippen LogP contribution >= 0.6 is 0 Å². The molecule has 0 atom stereocenters. The zero-order valence-electron chi connectivity index (χ0n) is 16.0. The van der Waals surface area contributed by atoms with E-state index in [1.807, 2.05) is 48.5 Å². The molecule has 1 N–H and O–H groups in total. The fourth-order valence-electron chi connectivity index (χ4n) is 3.02. The maximum absolute atomic E-state index is 12.9. The molecule has 0 saturated carbocycles. The Balaban J connectivity index is 1.70. The molecule has 0 fully saturated rings. The Bertz CT molecular complexity index is 1090. The minimum atomic E-state index is -0.302. The predicted octanol–water partition coefficient (Wildman–Crippen LogP) is 3.22. The standard InChI is InChI=1S/C22H20N6O/c1-2-16-7-9-19(10-8-16)28-21(18-6-4-12-24-15-18)20(26-27-28)22(29)25-14-17-5-3-11-23-13-17/h3-13,15H,2,14H2,1H3,(H,25,29). The second kappa shape index (κ2) is 8.43. The topological polar surface area (TPSA) is 85.6 Å². The molecule has 0 aliphatic carbocycles. The van der Waals surface area contributed by atoms with E-state index in [-0.39, 0.29) is 11.6 Å². The van der Waals surface area contributed by atoms with Gasteiger partial charge in [0.15, 0.2) is 5.69 Å². The fraction of sp³-hybridized carbons (Fsp3) is 0.136. The Labute approximate surface area is 168 Å². The van der Waals surface area contributed by atoms with Gasteiger partial charge in [0, 0.05) is 36.9 Å². The lowest BCUT2D eigenvalue weighted by atomic mass is 10.1. The van der Waals surface area contributed by atoms with Crippen molar-refractivity contribution in [3.8, 4) is 16.9 Å². The lowest BCUT2D eigenvalue weighted by Gasteiger charge is -2.09. The first-order valence-electron chi connectivity index (χ1n) is 9.38.